The number of carbonyl (C=O) groups is 1. The van der Waals surface area contributed by atoms with Crippen LogP contribution in [0.2, 0.25) is 0 Å². The number of aryl methyl sites for hydroxylation is 2. The van der Waals surface area contributed by atoms with Crippen LogP contribution in [0.1, 0.15) is 27.2 Å². The summed E-state index contributed by atoms with van der Waals surface area (Å²) in [4.78, 5) is 12.8. The number of methoxy groups -OCH3 is 2. The van der Waals surface area contributed by atoms with Gasteiger partial charge >= 0.3 is 0 Å². The van der Waals surface area contributed by atoms with Gasteiger partial charge in [0.15, 0.2) is 11.5 Å². The highest BCUT2D eigenvalue weighted by Gasteiger charge is 2.28. The van der Waals surface area contributed by atoms with Crippen molar-refractivity contribution >= 4 is 21.6 Å². The van der Waals surface area contributed by atoms with Gasteiger partial charge in [-0.3, -0.25) is 14.6 Å². The van der Waals surface area contributed by atoms with Crippen molar-refractivity contribution in [3.05, 3.63) is 64.8 Å². The number of hydrogen-bond donors (Lipinski definition) is 3. The van der Waals surface area contributed by atoms with Crippen LogP contribution in [-0.2, 0) is 16.6 Å². The third-order valence-corrected chi connectivity index (χ3v) is 5.91. The quantitative estimate of drug-likeness (QED) is 0.491. The number of nitrogens with zero attached hydrogens (tertiary/aromatic N) is 1. The minimum Gasteiger partial charge on any atom is -0.493 e. The number of aromatic nitrogens is 2. The maximum Gasteiger partial charge on any atom is 0.282 e. The fourth-order valence-electron chi connectivity index (χ4n) is 2.96. The van der Waals surface area contributed by atoms with Crippen molar-refractivity contribution in [2.75, 3.05) is 18.9 Å². The van der Waals surface area contributed by atoms with Gasteiger partial charge in [0.2, 0.25) is 5.03 Å². The Morgan fingerprint density at radius 2 is 1.71 bits per heavy atom. The Bertz CT molecular complexity index is 1190. The average Bonchev–Trinajstić information content (AvgIpc) is 3.15. The minimum atomic E-state index is -4.07. The van der Waals surface area contributed by atoms with Gasteiger partial charge < -0.3 is 14.8 Å². The van der Waals surface area contributed by atoms with Crippen molar-refractivity contribution in [3.63, 3.8) is 0 Å². The number of benzene rings is 2. The molecule has 0 atom stereocenters. The summed E-state index contributed by atoms with van der Waals surface area (Å²) < 4.78 is 38.6. The van der Waals surface area contributed by atoms with Crippen molar-refractivity contribution in [2.24, 2.45) is 0 Å². The second-order valence-corrected chi connectivity index (χ2v) is 8.47. The van der Waals surface area contributed by atoms with Gasteiger partial charge in [0.25, 0.3) is 15.9 Å². The summed E-state index contributed by atoms with van der Waals surface area (Å²) >= 11 is 0. The first-order chi connectivity index (χ1) is 14.7. The Morgan fingerprint density at radius 3 is 2.35 bits per heavy atom. The molecule has 1 heterocycles. The number of anilines is 1. The number of H-pyrrole nitrogens is 1. The number of rotatable bonds is 8. The van der Waals surface area contributed by atoms with Crippen LogP contribution in [0.25, 0.3) is 0 Å². The van der Waals surface area contributed by atoms with Gasteiger partial charge in [-0.25, -0.2) is 0 Å². The minimum absolute atomic E-state index is 0.0416. The summed E-state index contributed by atoms with van der Waals surface area (Å²) in [5, 5.41) is 8.80. The number of aromatic amines is 1. The van der Waals surface area contributed by atoms with Crippen LogP contribution in [0.5, 0.6) is 11.5 Å². The number of nitrogens with one attached hydrogen (secondary N) is 3. The number of sulfonamides is 1. The molecule has 0 saturated heterocycles. The molecular weight excluding hydrogens is 420 g/mol. The zero-order valence-corrected chi connectivity index (χ0v) is 18.5. The molecule has 10 heteroatoms. The number of hydrogen-bond acceptors (Lipinski definition) is 6. The molecule has 0 bridgehead atoms. The van der Waals surface area contributed by atoms with Crippen molar-refractivity contribution in [2.45, 2.75) is 25.4 Å². The van der Waals surface area contributed by atoms with Gasteiger partial charge in [0.1, 0.15) is 5.56 Å². The fourth-order valence-corrected chi connectivity index (χ4v) is 4.18. The van der Waals surface area contributed by atoms with E-state index in [-0.39, 0.29) is 17.1 Å². The van der Waals surface area contributed by atoms with Crippen molar-refractivity contribution < 1.29 is 22.7 Å². The molecule has 9 nitrogen and oxygen atoms in total. The highest BCUT2D eigenvalue weighted by molar-refractivity contribution is 7.92. The fraction of sp³-hybridized carbons (Fsp3) is 0.238. The lowest BCUT2D eigenvalue weighted by atomic mass is 10.2. The third-order valence-electron chi connectivity index (χ3n) is 4.60. The summed E-state index contributed by atoms with van der Waals surface area (Å²) in [6, 6.07) is 12.1. The maximum absolute atomic E-state index is 12.8. The van der Waals surface area contributed by atoms with Gasteiger partial charge in [-0.15, -0.1) is 0 Å². The lowest BCUT2D eigenvalue weighted by molar-refractivity contribution is 0.0947. The largest absolute Gasteiger partial charge is 0.493 e. The molecule has 1 amide bonds. The van der Waals surface area contributed by atoms with E-state index in [1.807, 2.05) is 6.92 Å². The summed E-state index contributed by atoms with van der Waals surface area (Å²) in [5.41, 5.74) is 2.43. The SMILES string of the molecule is COc1ccc(CNC(=O)c2c(S(=O)(=O)Nc3ccc(C)cc3)n[nH]c2C)cc1OC. The Hall–Kier alpha value is -3.53. The first-order valence-electron chi connectivity index (χ1n) is 9.38. The predicted octanol–water partition coefficient (Wildman–Crippen LogP) is 2.77. The molecule has 3 aromatic rings. The van der Waals surface area contributed by atoms with Crippen LogP contribution in [0.15, 0.2) is 47.5 Å². The van der Waals surface area contributed by atoms with E-state index in [2.05, 4.69) is 20.2 Å². The van der Waals surface area contributed by atoms with Crippen LogP contribution < -0.4 is 19.5 Å². The molecule has 0 aliphatic rings. The highest BCUT2D eigenvalue weighted by atomic mass is 32.2. The highest BCUT2D eigenvalue weighted by Crippen LogP contribution is 2.27. The smallest absolute Gasteiger partial charge is 0.282 e. The summed E-state index contributed by atoms with van der Waals surface area (Å²) in [6.07, 6.45) is 0. The molecule has 3 rings (SSSR count). The van der Waals surface area contributed by atoms with E-state index in [0.717, 1.165) is 11.1 Å². The molecule has 2 aromatic carbocycles. The maximum atomic E-state index is 12.8. The van der Waals surface area contributed by atoms with E-state index >= 15 is 0 Å². The second-order valence-electron chi connectivity index (χ2n) is 6.87. The molecule has 0 fully saturated rings. The zero-order chi connectivity index (χ0) is 22.6. The van der Waals surface area contributed by atoms with Crippen LogP contribution in [-0.4, -0.2) is 38.7 Å². The van der Waals surface area contributed by atoms with E-state index in [1.54, 1.807) is 49.4 Å². The van der Waals surface area contributed by atoms with E-state index in [4.69, 9.17) is 9.47 Å². The Kier molecular flexibility index (Phi) is 6.50. The molecule has 0 spiro atoms. The monoisotopic (exact) mass is 444 g/mol. The van der Waals surface area contributed by atoms with Crippen LogP contribution in [0.4, 0.5) is 5.69 Å². The number of amides is 1. The number of ether oxygens (including phenoxy) is 2. The average molecular weight is 445 g/mol. The van der Waals surface area contributed by atoms with Gasteiger partial charge in [0.05, 0.1) is 14.2 Å². The van der Waals surface area contributed by atoms with E-state index in [9.17, 15) is 13.2 Å². The van der Waals surface area contributed by atoms with E-state index in [0.29, 0.717) is 22.9 Å². The lowest BCUT2D eigenvalue weighted by Gasteiger charge is -2.11. The van der Waals surface area contributed by atoms with Gasteiger partial charge in [0, 0.05) is 17.9 Å². The molecule has 0 aliphatic heterocycles. The Morgan fingerprint density at radius 1 is 1.03 bits per heavy atom. The van der Waals surface area contributed by atoms with Crippen LogP contribution in [0, 0.1) is 13.8 Å². The summed E-state index contributed by atoms with van der Waals surface area (Å²) in [6.45, 7) is 3.65. The molecule has 164 valence electrons. The molecule has 0 radical (unpaired) electrons. The number of carbonyl (C=O) groups excluding carboxylic acids is 1. The topological polar surface area (TPSA) is 122 Å². The molecule has 0 saturated carbocycles. The van der Waals surface area contributed by atoms with E-state index < -0.39 is 15.9 Å². The summed E-state index contributed by atoms with van der Waals surface area (Å²) in [7, 11) is -1.02. The van der Waals surface area contributed by atoms with Gasteiger partial charge in [-0.2, -0.15) is 13.5 Å². The lowest BCUT2D eigenvalue weighted by Crippen LogP contribution is -2.26. The predicted molar refractivity (Wildman–Crippen MR) is 116 cm³/mol. The zero-order valence-electron chi connectivity index (χ0n) is 17.6. The Labute approximate surface area is 180 Å². The Balaban J connectivity index is 1.80. The van der Waals surface area contributed by atoms with Crippen molar-refractivity contribution in [1.29, 1.82) is 0 Å². The molecule has 1 aromatic heterocycles. The molecular formula is C21H24N4O5S. The normalized spacial score (nSPS) is 11.1. The second kappa shape index (κ2) is 9.09. The van der Waals surface area contributed by atoms with E-state index in [1.165, 1.54) is 14.2 Å². The first-order valence-corrected chi connectivity index (χ1v) is 10.9. The van der Waals surface area contributed by atoms with Crippen molar-refractivity contribution in [1.82, 2.24) is 15.5 Å². The van der Waals surface area contributed by atoms with Crippen LogP contribution in [0.3, 0.4) is 0 Å². The van der Waals surface area contributed by atoms with Crippen molar-refractivity contribution in [3.8, 4) is 11.5 Å². The standard InChI is InChI=1S/C21H24N4O5S/c1-13-5-8-16(9-6-13)25-31(27,28)21-19(14(2)23-24-21)20(26)22-12-15-7-10-17(29-3)18(11-15)30-4/h5-11,25H,12H2,1-4H3,(H,22,26)(H,23,24). The molecule has 0 unspecified atom stereocenters. The molecule has 0 aliphatic carbocycles. The molecule has 3 N–H and O–H groups in total. The third kappa shape index (κ3) is 4.97. The first kappa shape index (κ1) is 22.2. The summed E-state index contributed by atoms with van der Waals surface area (Å²) in [5.74, 6) is 0.531. The van der Waals surface area contributed by atoms with Crippen LogP contribution >= 0.6 is 0 Å². The molecule has 31 heavy (non-hydrogen) atoms. The van der Waals surface area contributed by atoms with Gasteiger partial charge in [-0.1, -0.05) is 23.8 Å². The van der Waals surface area contributed by atoms with Gasteiger partial charge in [-0.05, 0) is 43.7 Å².